The Morgan fingerprint density at radius 1 is 1.56 bits per heavy atom. The summed E-state index contributed by atoms with van der Waals surface area (Å²) in [6.07, 6.45) is 4.22. The van der Waals surface area contributed by atoms with Crippen molar-refractivity contribution < 1.29 is 9.59 Å². The van der Waals surface area contributed by atoms with Crippen LogP contribution in [0, 0.1) is 5.92 Å². The van der Waals surface area contributed by atoms with Crippen molar-refractivity contribution >= 4 is 17.5 Å². The highest BCUT2D eigenvalue weighted by Crippen LogP contribution is 2.34. The average Bonchev–Trinajstić information content (AvgIpc) is 2.98. The number of rotatable bonds is 4. The molecule has 1 aliphatic heterocycles. The first-order valence-corrected chi connectivity index (χ1v) is 5.87. The lowest BCUT2D eigenvalue weighted by Crippen LogP contribution is -2.38. The number of hydrogen-bond donors (Lipinski definition) is 2. The van der Waals surface area contributed by atoms with E-state index in [0.29, 0.717) is 30.5 Å². The lowest BCUT2D eigenvalue weighted by Gasteiger charge is -2.11. The molecule has 5 heteroatoms. The minimum absolute atomic E-state index is 0.119. The molecule has 0 aromatic carbocycles. The van der Waals surface area contributed by atoms with Gasteiger partial charge in [0, 0.05) is 18.9 Å². The van der Waals surface area contributed by atoms with E-state index in [9.17, 15) is 9.59 Å². The number of hydrazone groups is 1. The second-order valence-electron chi connectivity index (χ2n) is 4.46. The summed E-state index contributed by atoms with van der Waals surface area (Å²) in [6.45, 7) is 2.15. The molecule has 0 saturated heterocycles. The maximum Gasteiger partial charge on any atom is 0.267 e. The van der Waals surface area contributed by atoms with Gasteiger partial charge < -0.3 is 5.32 Å². The minimum Gasteiger partial charge on any atom is -0.348 e. The van der Waals surface area contributed by atoms with Gasteiger partial charge in [-0.1, -0.05) is 13.3 Å². The lowest BCUT2D eigenvalue weighted by molar-refractivity contribution is -0.121. The third-order valence-corrected chi connectivity index (χ3v) is 3.07. The van der Waals surface area contributed by atoms with Crippen LogP contribution in [0.4, 0.5) is 0 Å². The first-order valence-electron chi connectivity index (χ1n) is 5.87. The van der Waals surface area contributed by atoms with E-state index in [1.165, 1.54) is 6.42 Å². The smallest absolute Gasteiger partial charge is 0.267 e. The van der Waals surface area contributed by atoms with E-state index >= 15 is 0 Å². The van der Waals surface area contributed by atoms with Gasteiger partial charge in [0.1, 0.15) is 5.71 Å². The van der Waals surface area contributed by atoms with Crippen LogP contribution in [0.5, 0.6) is 0 Å². The molecule has 1 aliphatic carbocycles. The lowest BCUT2D eigenvalue weighted by atomic mass is 10.1. The Labute approximate surface area is 94.7 Å². The van der Waals surface area contributed by atoms with Gasteiger partial charge in [0.15, 0.2) is 0 Å². The molecule has 1 saturated carbocycles. The predicted molar refractivity (Wildman–Crippen MR) is 59.8 cm³/mol. The molecule has 1 fully saturated rings. The molecular weight excluding hydrogens is 206 g/mol. The number of hydrogen-bond acceptors (Lipinski definition) is 3. The van der Waals surface area contributed by atoms with Gasteiger partial charge in [-0.05, 0) is 18.8 Å². The fourth-order valence-corrected chi connectivity index (χ4v) is 2.00. The SMILES string of the molecule is CCCC1CC1NC(=O)C1=NNC(=O)CC1. The van der Waals surface area contributed by atoms with Crippen molar-refractivity contribution in [1.82, 2.24) is 10.7 Å². The molecule has 2 amide bonds. The Hall–Kier alpha value is -1.39. The molecule has 2 unspecified atom stereocenters. The van der Waals surface area contributed by atoms with E-state index in [2.05, 4.69) is 22.8 Å². The van der Waals surface area contributed by atoms with Crippen molar-refractivity contribution in [2.24, 2.45) is 11.0 Å². The first kappa shape index (κ1) is 11.1. The minimum atomic E-state index is -0.122. The van der Waals surface area contributed by atoms with E-state index in [-0.39, 0.29) is 11.8 Å². The van der Waals surface area contributed by atoms with E-state index in [0.717, 1.165) is 12.8 Å². The Kier molecular flexibility index (Phi) is 3.22. The average molecular weight is 223 g/mol. The molecule has 2 N–H and O–H groups in total. The molecule has 1 heterocycles. The summed E-state index contributed by atoms with van der Waals surface area (Å²) >= 11 is 0. The molecule has 0 bridgehead atoms. The van der Waals surface area contributed by atoms with Gasteiger partial charge in [-0.25, -0.2) is 5.43 Å². The second-order valence-corrected chi connectivity index (χ2v) is 4.46. The topological polar surface area (TPSA) is 70.6 Å². The molecule has 2 atom stereocenters. The Morgan fingerprint density at radius 3 is 3.00 bits per heavy atom. The van der Waals surface area contributed by atoms with Crippen molar-refractivity contribution in [3.8, 4) is 0 Å². The van der Waals surface area contributed by atoms with Crippen LogP contribution in [0.1, 0.15) is 39.0 Å². The van der Waals surface area contributed by atoms with E-state index < -0.39 is 0 Å². The van der Waals surface area contributed by atoms with Gasteiger partial charge in [-0.3, -0.25) is 9.59 Å². The molecule has 0 aromatic rings. The summed E-state index contributed by atoms with van der Waals surface area (Å²) in [5, 5.41) is 6.72. The van der Waals surface area contributed by atoms with Crippen LogP contribution in [0.15, 0.2) is 5.10 Å². The van der Waals surface area contributed by atoms with Crippen molar-refractivity contribution in [2.75, 3.05) is 0 Å². The monoisotopic (exact) mass is 223 g/mol. The van der Waals surface area contributed by atoms with Crippen molar-refractivity contribution in [3.63, 3.8) is 0 Å². The van der Waals surface area contributed by atoms with Gasteiger partial charge in [0.05, 0.1) is 0 Å². The number of nitrogens with zero attached hydrogens (tertiary/aromatic N) is 1. The van der Waals surface area contributed by atoms with Crippen molar-refractivity contribution in [2.45, 2.75) is 45.1 Å². The van der Waals surface area contributed by atoms with Gasteiger partial charge in [-0.2, -0.15) is 5.10 Å². The number of carbonyl (C=O) groups excluding carboxylic acids is 2. The summed E-state index contributed by atoms with van der Waals surface area (Å²) in [6, 6.07) is 0.327. The number of amides is 2. The van der Waals surface area contributed by atoms with Gasteiger partial charge in [0.25, 0.3) is 5.91 Å². The van der Waals surface area contributed by atoms with Crippen LogP contribution in [0.3, 0.4) is 0 Å². The zero-order valence-corrected chi connectivity index (χ0v) is 9.45. The zero-order valence-electron chi connectivity index (χ0n) is 9.45. The first-order chi connectivity index (χ1) is 7.70. The predicted octanol–water partition coefficient (Wildman–Crippen LogP) is 0.557. The molecule has 0 spiro atoms. The molecule has 16 heavy (non-hydrogen) atoms. The molecule has 5 nitrogen and oxygen atoms in total. The van der Waals surface area contributed by atoms with Crippen LogP contribution in [-0.2, 0) is 9.59 Å². The maximum atomic E-state index is 11.7. The Bertz CT molecular complexity index is 338. The van der Waals surface area contributed by atoms with Gasteiger partial charge in [-0.15, -0.1) is 0 Å². The van der Waals surface area contributed by atoms with Crippen molar-refractivity contribution in [3.05, 3.63) is 0 Å². The summed E-state index contributed by atoms with van der Waals surface area (Å²) in [5.41, 5.74) is 2.78. The fourth-order valence-electron chi connectivity index (χ4n) is 2.00. The van der Waals surface area contributed by atoms with Crippen LogP contribution in [-0.4, -0.2) is 23.6 Å². The summed E-state index contributed by atoms with van der Waals surface area (Å²) in [7, 11) is 0. The van der Waals surface area contributed by atoms with Crippen LogP contribution >= 0.6 is 0 Å². The van der Waals surface area contributed by atoms with Gasteiger partial charge >= 0.3 is 0 Å². The molecular formula is C11H17N3O2. The summed E-state index contributed by atoms with van der Waals surface area (Å²) in [4.78, 5) is 22.6. The molecule has 0 aromatic heterocycles. The third-order valence-electron chi connectivity index (χ3n) is 3.07. The summed E-state index contributed by atoms with van der Waals surface area (Å²) < 4.78 is 0. The number of carbonyl (C=O) groups is 2. The van der Waals surface area contributed by atoms with E-state index in [1.54, 1.807) is 0 Å². The normalized spacial score (nSPS) is 28.1. The Morgan fingerprint density at radius 2 is 2.38 bits per heavy atom. The van der Waals surface area contributed by atoms with Gasteiger partial charge in [0.2, 0.25) is 5.91 Å². The van der Waals surface area contributed by atoms with E-state index in [4.69, 9.17) is 0 Å². The third kappa shape index (κ3) is 2.59. The second kappa shape index (κ2) is 4.63. The highest BCUT2D eigenvalue weighted by Gasteiger charge is 2.37. The highest BCUT2D eigenvalue weighted by molar-refractivity contribution is 6.39. The molecule has 88 valence electrons. The zero-order chi connectivity index (χ0) is 11.5. The Balaban J connectivity index is 1.79. The van der Waals surface area contributed by atoms with Crippen LogP contribution < -0.4 is 10.7 Å². The molecule has 2 aliphatic rings. The molecule has 0 radical (unpaired) electrons. The standard InChI is InChI=1S/C11H17N3O2/c1-2-3-7-6-9(7)12-11(16)8-4-5-10(15)14-13-8/h7,9H,2-6H2,1H3,(H,12,16)(H,14,15). The summed E-state index contributed by atoms with van der Waals surface area (Å²) in [5.74, 6) is 0.406. The van der Waals surface area contributed by atoms with Crippen molar-refractivity contribution in [1.29, 1.82) is 0 Å². The highest BCUT2D eigenvalue weighted by atomic mass is 16.2. The van der Waals surface area contributed by atoms with Crippen LogP contribution in [0.2, 0.25) is 0 Å². The number of nitrogens with one attached hydrogen (secondary N) is 2. The fraction of sp³-hybridized carbons (Fsp3) is 0.727. The maximum absolute atomic E-state index is 11.7. The van der Waals surface area contributed by atoms with Crippen LogP contribution in [0.25, 0.3) is 0 Å². The largest absolute Gasteiger partial charge is 0.348 e. The van der Waals surface area contributed by atoms with E-state index in [1.807, 2.05) is 0 Å². The molecule has 2 rings (SSSR count). The quantitative estimate of drug-likeness (QED) is 0.731.